The molecule has 1 aliphatic heterocycles. The molecule has 1 rings (SSSR count). The fourth-order valence-corrected chi connectivity index (χ4v) is 2.58. The molecule has 1 N–H and O–H groups in total. The van der Waals surface area contributed by atoms with Crippen molar-refractivity contribution in [2.75, 3.05) is 6.61 Å². The molecule has 0 aromatic rings. The number of rotatable bonds is 1. The monoisotopic (exact) mass is 292 g/mol. The summed E-state index contributed by atoms with van der Waals surface area (Å²) in [6.45, 7) is 0.543. The highest BCUT2D eigenvalue weighted by molar-refractivity contribution is 9.10. The summed E-state index contributed by atoms with van der Waals surface area (Å²) in [7, 11) is 0. The normalized spacial score (nSPS) is 43.8. The van der Waals surface area contributed by atoms with Crippen LogP contribution in [0.2, 0.25) is 0 Å². The van der Waals surface area contributed by atoms with Gasteiger partial charge in [-0.1, -0.05) is 31.9 Å². The van der Waals surface area contributed by atoms with Crippen LogP contribution in [0.4, 0.5) is 0 Å². The molecule has 0 aliphatic carbocycles. The molecule has 1 heterocycles. The predicted molar refractivity (Wildman–Crippen MR) is 46.8 cm³/mol. The highest BCUT2D eigenvalue weighted by atomic mass is 79.9. The Hall–Kier alpha value is 1.17. The van der Waals surface area contributed by atoms with Gasteiger partial charge in [-0.2, -0.15) is 0 Å². The van der Waals surface area contributed by atoms with Crippen molar-refractivity contribution in [1.29, 1.82) is 0 Å². The maximum absolute atomic E-state index is 9.59. The van der Waals surface area contributed by atoms with Crippen molar-refractivity contribution in [3.8, 4) is 0 Å². The molecule has 5 heteroatoms. The highest BCUT2D eigenvalue weighted by Gasteiger charge is 2.46. The van der Waals surface area contributed by atoms with Gasteiger partial charge in [-0.25, -0.2) is 0 Å². The van der Waals surface area contributed by atoms with E-state index in [-0.39, 0.29) is 4.83 Å². The lowest BCUT2D eigenvalue weighted by molar-refractivity contribution is -0.152. The molecule has 0 amide bonds. The molecule has 0 saturated carbocycles. The molecule has 2 nitrogen and oxygen atoms in total. The number of aliphatic hydroxyl groups is 1. The van der Waals surface area contributed by atoms with E-state index in [1.54, 1.807) is 0 Å². The fourth-order valence-electron chi connectivity index (χ4n) is 0.823. The van der Waals surface area contributed by atoms with E-state index in [0.717, 1.165) is 6.42 Å². The van der Waals surface area contributed by atoms with Crippen LogP contribution in [0, 0.1) is 0 Å². The third kappa shape index (κ3) is 1.50. The van der Waals surface area contributed by atoms with Crippen LogP contribution < -0.4 is 0 Å². The van der Waals surface area contributed by atoms with Crippen molar-refractivity contribution in [2.45, 2.75) is 21.3 Å². The maximum atomic E-state index is 9.59. The van der Waals surface area contributed by atoms with Crippen LogP contribution in [-0.4, -0.2) is 26.6 Å². The van der Waals surface area contributed by atoms with E-state index in [0.29, 0.717) is 6.61 Å². The summed E-state index contributed by atoms with van der Waals surface area (Å²) in [5.41, 5.74) is 0. The Balaban J connectivity index is 2.66. The number of hydrogen-bond acceptors (Lipinski definition) is 2. The lowest BCUT2D eigenvalue weighted by Gasteiger charge is -2.26. The summed E-state index contributed by atoms with van der Waals surface area (Å²) < 4.78 is 4.48. The van der Waals surface area contributed by atoms with Gasteiger partial charge in [0.05, 0.1) is 11.4 Å². The van der Waals surface area contributed by atoms with E-state index in [1.807, 2.05) is 0 Å². The number of halogens is 3. The molecule has 3 atom stereocenters. The van der Waals surface area contributed by atoms with Crippen LogP contribution in [-0.2, 0) is 4.74 Å². The van der Waals surface area contributed by atoms with Crippen LogP contribution in [0.1, 0.15) is 6.42 Å². The van der Waals surface area contributed by atoms with Gasteiger partial charge in [-0.15, -0.1) is 11.6 Å². The van der Waals surface area contributed by atoms with Crippen molar-refractivity contribution < 1.29 is 9.84 Å². The van der Waals surface area contributed by atoms with Crippen LogP contribution >= 0.6 is 43.5 Å². The minimum atomic E-state index is -1.25. The van der Waals surface area contributed by atoms with Gasteiger partial charge in [0, 0.05) is 0 Å². The first-order valence-electron chi connectivity index (χ1n) is 2.86. The van der Waals surface area contributed by atoms with Gasteiger partial charge < -0.3 is 9.84 Å². The Labute approximate surface area is 81.1 Å². The number of alkyl halides is 3. The van der Waals surface area contributed by atoms with Crippen molar-refractivity contribution in [2.24, 2.45) is 0 Å². The molecule has 3 unspecified atom stereocenters. The zero-order valence-electron chi connectivity index (χ0n) is 5.06. The first kappa shape index (κ1) is 9.26. The van der Waals surface area contributed by atoms with E-state index < -0.39 is 10.1 Å². The predicted octanol–water partition coefficient (Wildman–Crippen LogP) is 1.82. The van der Waals surface area contributed by atoms with Crippen molar-refractivity contribution in [3.63, 3.8) is 0 Å². The van der Waals surface area contributed by atoms with Gasteiger partial charge in [-0.3, -0.25) is 0 Å². The Morgan fingerprint density at radius 1 is 1.80 bits per heavy atom. The zero-order chi connectivity index (χ0) is 7.78. The zero-order valence-corrected chi connectivity index (χ0v) is 8.99. The van der Waals surface area contributed by atoms with Gasteiger partial charge in [-0.05, 0) is 6.42 Å². The molecule has 1 aliphatic rings. The molecule has 0 aromatic heterocycles. The number of ether oxygens (including phenoxy) is 1. The van der Waals surface area contributed by atoms with Gasteiger partial charge in [0.25, 0.3) is 0 Å². The molecular formula is C5H7Br2ClO2. The summed E-state index contributed by atoms with van der Waals surface area (Å²) in [6, 6.07) is 0. The Morgan fingerprint density at radius 3 is 2.60 bits per heavy atom. The topological polar surface area (TPSA) is 29.5 Å². The first-order valence-corrected chi connectivity index (χ1v) is 5.12. The molecule has 10 heavy (non-hydrogen) atoms. The fraction of sp³-hybridized carbons (Fsp3) is 1.00. The van der Waals surface area contributed by atoms with Gasteiger partial charge in [0.15, 0.2) is 0 Å². The summed E-state index contributed by atoms with van der Waals surface area (Å²) in [5, 5.41) is 9.59. The van der Waals surface area contributed by atoms with Crippen molar-refractivity contribution >= 4 is 43.5 Å². The third-order valence-electron chi connectivity index (χ3n) is 1.47. The van der Waals surface area contributed by atoms with E-state index in [2.05, 4.69) is 31.9 Å². The SMILES string of the molecule is OC1(C(Cl)Br)OCCC1Br. The molecular weight excluding hydrogens is 287 g/mol. The average Bonchev–Trinajstić information content (AvgIpc) is 2.15. The maximum Gasteiger partial charge on any atom is 0.205 e. The smallest absolute Gasteiger partial charge is 0.205 e. The highest BCUT2D eigenvalue weighted by Crippen LogP contribution is 2.37. The largest absolute Gasteiger partial charge is 0.363 e. The second-order valence-electron chi connectivity index (χ2n) is 2.16. The molecule has 0 aromatic carbocycles. The Morgan fingerprint density at radius 2 is 2.40 bits per heavy atom. The summed E-state index contributed by atoms with van der Waals surface area (Å²) in [5.74, 6) is -1.25. The van der Waals surface area contributed by atoms with Crippen LogP contribution in [0.5, 0.6) is 0 Å². The van der Waals surface area contributed by atoms with Crippen LogP contribution in [0.3, 0.4) is 0 Å². The first-order chi connectivity index (χ1) is 4.57. The van der Waals surface area contributed by atoms with Gasteiger partial charge in [0.2, 0.25) is 5.79 Å². The summed E-state index contributed by atoms with van der Waals surface area (Å²) >= 11 is 12.0. The van der Waals surface area contributed by atoms with Crippen LogP contribution in [0.25, 0.3) is 0 Å². The van der Waals surface area contributed by atoms with Crippen molar-refractivity contribution in [3.05, 3.63) is 0 Å². The third-order valence-corrected chi connectivity index (χ3v) is 3.55. The molecule has 0 spiro atoms. The standard InChI is InChI=1S/C5H7Br2ClO2/c6-3-1-2-10-5(3,9)4(7)8/h3-4,9H,1-2H2. The molecule has 1 saturated heterocycles. The summed E-state index contributed by atoms with van der Waals surface area (Å²) in [4.78, 5) is -0.0816. The van der Waals surface area contributed by atoms with E-state index in [1.165, 1.54) is 0 Å². The number of hydrogen-bond donors (Lipinski definition) is 1. The van der Waals surface area contributed by atoms with Crippen LogP contribution in [0.15, 0.2) is 0 Å². The Bertz CT molecular complexity index is 133. The quantitative estimate of drug-likeness (QED) is 0.748. The van der Waals surface area contributed by atoms with Gasteiger partial charge in [0.1, 0.15) is 4.29 Å². The lowest BCUT2D eigenvalue weighted by atomic mass is 10.2. The van der Waals surface area contributed by atoms with E-state index in [9.17, 15) is 5.11 Å². The summed E-state index contributed by atoms with van der Waals surface area (Å²) in [6.07, 6.45) is 0.783. The Kier molecular flexibility index (Phi) is 3.03. The average molecular weight is 294 g/mol. The minimum Gasteiger partial charge on any atom is -0.363 e. The molecule has 1 fully saturated rings. The van der Waals surface area contributed by atoms with Crippen molar-refractivity contribution in [1.82, 2.24) is 0 Å². The molecule has 0 radical (unpaired) electrons. The van der Waals surface area contributed by atoms with E-state index in [4.69, 9.17) is 16.3 Å². The van der Waals surface area contributed by atoms with E-state index >= 15 is 0 Å². The minimum absolute atomic E-state index is 0.0816. The lowest BCUT2D eigenvalue weighted by Crippen LogP contribution is -2.41. The van der Waals surface area contributed by atoms with Gasteiger partial charge >= 0.3 is 0 Å². The molecule has 60 valence electrons. The second kappa shape index (κ2) is 3.27. The second-order valence-corrected chi connectivity index (χ2v) is 5.14. The molecule has 0 bridgehead atoms.